The first kappa shape index (κ1) is 20.9. The van der Waals surface area contributed by atoms with Crippen molar-refractivity contribution in [3.63, 3.8) is 0 Å². The van der Waals surface area contributed by atoms with Gasteiger partial charge in [-0.05, 0) is 31.8 Å². The van der Waals surface area contributed by atoms with Gasteiger partial charge in [-0.25, -0.2) is 0 Å². The zero-order valence-corrected chi connectivity index (χ0v) is 14.7. The van der Waals surface area contributed by atoms with Crippen molar-refractivity contribution in [2.45, 2.75) is 66.2 Å². The van der Waals surface area contributed by atoms with Crippen molar-refractivity contribution in [1.29, 1.82) is 0 Å². The third kappa shape index (κ3) is 9.05. The lowest BCUT2D eigenvalue weighted by molar-refractivity contribution is -0.299. The second kappa shape index (κ2) is 13.6. The molecule has 0 aliphatic rings. The van der Waals surface area contributed by atoms with Gasteiger partial charge in [0.05, 0.1) is 5.97 Å². The first-order valence-corrected chi connectivity index (χ1v) is 8.39. The van der Waals surface area contributed by atoms with Gasteiger partial charge in [0, 0.05) is 18.9 Å². The van der Waals surface area contributed by atoms with Gasteiger partial charge in [-0.15, -0.1) is 0 Å². The summed E-state index contributed by atoms with van der Waals surface area (Å²) in [5, 5.41) is 11.2. The number of carboxylic acid groups (broad SMARTS) is 1. The molecule has 5 heteroatoms. The summed E-state index contributed by atoms with van der Waals surface area (Å²) in [5.74, 6) is -1.13. The lowest BCUT2D eigenvalue weighted by Crippen LogP contribution is -2.33. The maximum Gasteiger partial charge on any atom is 0.120 e. The van der Waals surface area contributed by atoms with Crippen LogP contribution in [0.5, 0.6) is 0 Å². The Balaban J connectivity index is 4.80. The number of allylic oxidation sites excluding steroid dienone is 1. The zero-order valence-electron chi connectivity index (χ0n) is 14.7. The molecule has 0 radical (unpaired) electrons. The molecule has 0 saturated heterocycles. The van der Waals surface area contributed by atoms with Crippen LogP contribution in [0.2, 0.25) is 0 Å². The van der Waals surface area contributed by atoms with Crippen molar-refractivity contribution < 1.29 is 19.4 Å². The maximum absolute atomic E-state index is 11.2. The molecule has 0 aliphatic carbocycles. The third-order valence-corrected chi connectivity index (χ3v) is 3.39. The van der Waals surface area contributed by atoms with Crippen LogP contribution in [0.15, 0.2) is 11.3 Å². The Hall–Kier alpha value is -1.07. The Morgan fingerprint density at radius 1 is 0.955 bits per heavy atom. The predicted octanol–water partition coefficient (Wildman–Crippen LogP) is 2.66. The van der Waals surface area contributed by atoms with Crippen LogP contribution in [0, 0.1) is 0 Å². The summed E-state index contributed by atoms with van der Waals surface area (Å²) in [5.41, 5.74) is 1.01. The molecule has 0 spiro atoms. The molecule has 130 valence electrons. The fourth-order valence-corrected chi connectivity index (χ4v) is 1.97. The zero-order chi connectivity index (χ0) is 16.8. The van der Waals surface area contributed by atoms with Gasteiger partial charge in [0.15, 0.2) is 0 Å². The average Bonchev–Trinajstić information content (AvgIpc) is 2.50. The minimum absolute atomic E-state index is 0.264. The third-order valence-electron chi connectivity index (χ3n) is 3.39. The molecule has 0 bridgehead atoms. The summed E-state index contributed by atoms with van der Waals surface area (Å²) in [4.78, 5) is 13.1. The number of hydrogen-bond acceptors (Lipinski definition) is 5. The Bertz CT molecular complexity index is 317. The average molecular weight is 314 g/mol. The molecule has 5 nitrogen and oxygen atoms in total. The second-order valence-corrected chi connectivity index (χ2v) is 5.43. The number of carboxylic acids is 1. The molecule has 22 heavy (non-hydrogen) atoms. The van der Waals surface area contributed by atoms with Crippen molar-refractivity contribution in [3.8, 4) is 0 Å². The van der Waals surface area contributed by atoms with E-state index in [1.54, 1.807) is 6.92 Å². The molecule has 0 aliphatic heterocycles. The highest BCUT2D eigenvalue weighted by molar-refractivity contribution is 5.84. The summed E-state index contributed by atoms with van der Waals surface area (Å²) in [7, 11) is 0. The van der Waals surface area contributed by atoms with Gasteiger partial charge in [0.25, 0.3) is 0 Å². The van der Waals surface area contributed by atoms with Gasteiger partial charge in [-0.3, -0.25) is 0 Å². The summed E-state index contributed by atoms with van der Waals surface area (Å²) in [6.45, 7) is 9.88. The minimum Gasteiger partial charge on any atom is -0.545 e. The minimum atomic E-state index is -1.13. The topological polar surface area (TPSA) is 61.8 Å². The number of hydrogen-bond donors (Lipinski definition) is 0. The van der Waals surface area contributed by atoms with Crippen LogP contribution in [0.1, 0.15) is 66.2 Å². The second-order valence-electron chi connectivity index (χ2n) is 5.43. The van der Waals surface area contributed by atoms with E-state index < -0.39 is 5.97 Å². The van der Waals surface area contributed by atoms with Gasteiger partial charge in [0.2, 0.25) is 0 Å². The van der Waals surface area contributed by atoms with Gasteiger partial charge in [0.1, 0.15) is 13.5 Å². The molecule has 0 heterocycles. The van der Waals surface area contributed by atoms with Gasteiger partial charge in [-0.1, -0.05) is 40.0 Å². The monoisotopic (exact) mass is 314 g/mol. The number of ether oxygens (including phenoxy) is 2. The van der Waals surface area contributed by atoms with E-state index >= 15 is 0 Å². The van der Waals surface area contributed by atoms with Crippen molar-refractivity contribution >= 4 is 5.97 Å². The highest BCUT2D eigenvalue weighted by Crippen LogP contribution is 2.17. The molecule has 0 aromatic heterocycles. The maximum atomic E-state index is 11.2. The van der Waals surface area contributed by atoms with Crippen LogP contribution in [0.4, 0.5) is 0 Å². The predicted molar refractivity (Wildman–Crippen MR) is 85.9 cm³/mol. The lowest BCUT2D eigenvalue weighted by Gasteiger charge is -2.29. The largest absolute Gasteiger partial charge is 0.545 e. The quantitative estimate of drug-likeness (QED) is 0.280. The summed E-state index contributed by atoms with van der Waals surface area (Å²) in [6.07, 6.45) is 5.67. The van der Waals surface area contributed by atoms with Gasteiger partial charge >= 0.3 is 0 Å². The first-order valence-electron chi connectivity index (χ1n) is 8.39. The van der Waals surface area contributed by atoms with E-state index in [9.17, 15) is 9.90 Å². The molecular formula is C17H32NO4-. The van der Waals surface area contributed by atoms with Crippen LogP contribution in [-0.4, -0.2) is 37.5 Å². The van der Waals surface area contributed by atoms with E-state index in [0.717, 1.165) is 37.8 Å². The van der Waals surface area contributed by atoms with E-state index in [1.807, 2.05) is 11.8 Å². The molecule has 0 N–H and O–H groups in total. The number of aliphatic carboxylic acids is 1. The molecule has 0 amide bonds. The standard InChI is InChI=1S/C17H33NO4/c1-5-8-11-21-13-18(14-22-12-9-6-2)16(10-7-3)15(4)17(19)20/h5-14H2,1-4H3,(H,19,20)/p-1/b16-15+. The normalized spacial score (nSPS) is 12.2. The van der Waals surface area contributed by atoms with Crippen LogP contribution >= 0.6 is 0 Å². The number of rotatable bonds is 14. The molecular weight excluding hydrogens is 282 g/mol. The van der Waals surface area contributed by atoms with Crippen LogP contribution < -0.4 is 5.11 Å². The van der Waals surface area contributed by atoms with Gasteiger partial charge < -0.3 is 24.3 Å². The molecule has 0 atom stereocenters. The summed E-state index contributed by atoms with van der Waals surface area (Å²) in [6, 6.07) is 0. The Kier molecular flexibility index (Phi) is 12.9. The molecule has 0 aromatic rings. The van der Waals surface area contributed by atoms with Crippen LogP contribution in [0.25, 0.3) is 0 Å². The van der Waals surface area contributed by atoms with E-state index in [-0.39, 0.29) is 5.57 Å². The van der Waals surface area contributed by atoms with Crippen molar-refractivity contribution in [3.05, 3.63) is 11.3 Å². The SMILES string of the molecule is CCCCOCN(COCCCC)/C(CCC)=C(\C)C(=O)[O-]. The molecule has 0 fully saturated rings. The molecule has 0 aromatic carbocycles. The van der Waals surface area contributed by atoms with Crippen molar-refractivity contribution in [2.24, 2.45) is 0 Å². The van der Waals surface area contributed by atoms with Crippen molar-refractivity contribution in [1.82, 2.24) is 4.90 Å². The highest BCUT2D eigenvalue weighted by atomic mass is 16.5. The van der Waals surface area contributed by atoms with E-state index in [4.69, 9.17) is 9.47 Å². The molecule has 0 saturated carbocycles. The fraction of sp³-hybridized carbons (Fsp3) is 0.824. The van der Waals surface area contributed by atoms with Gasteiger partial charge in [-0.2, -0.15) is 0 Å². The lowest BCUT2D eigenvalue weighted by atomic mass is 10.1. The Morgan fingerprint density at radius 3 is 1.82 bits per heavy atom. The van der Waals surface area contributed by atoms with E-state index in [1.165, 1.54) is 0 Å². The Morgan fingerprint density at radius 2 is 1.45 bits per heavy atom. The summed E-state index contributed by atoms with van der Waals surface area (Å²) < 4.78 is 11.3. The van der Waals surface area contributed by atoms with Crippen LogP contribution in [0.3, 0.4) is 0 Å². The number of carbonyl (C=O) groups is 1. The molecule has 0 unspecified atom stereocenters. The first-order chi connectivity index (χ1) is 10.6. The number of nitrogens with zero attached hydrogens (tertiary/aromatic N) is 1. The smallest absolute Gasteiger partial charge is 0.120 e. The number of carbonyl (C=O) groups excluding carboxylic acids is 1. The number of unbranched alkanes of at least 4 members (excludes halogenated alkanes) is 2. The van der Waals surface area contributed by atoms with E-state index in [0.29, 0.717) is 33.1 Å². The Labute approximate surface area is 135 Å². The van der Waals surface area contributed by atoms with E-state index in [2.05, 4.69) is 13.8 Å². The fourth-order valence-electron chi connectivity index (χ4n) is 1.97. The molecule has 0 rings (SSSR count). The van der Waals surface area contributed by atoms with Crippen LogP contribution in [-0.2, 0) is 14.3 Å². The van der Waals surface area contributed by atoms with Crippen molar-refractivity contribution in [2.75, 3.05) is 26.7 Å². The summed E-state index contributed by atoms with van der Waals surface area (Å²) >= 11 is 0. The highest BCUT2D eigenvalue weighted by Gasteiger charge is 2.13.